The summed E-state index contributed by atoms with van der Waals surface area (Å²) < 4.78 is 74.2. The van der Waals surface area contributed by atoms with E-state index in [1.807, 2.05) is 6.07 Å². The van der Waals surface area contributed by atoms with Crippen LogP contribution in [-0.2, 0) is 21.9 Å². The number of hydrogen-bond donors (Lipinski definition) is 1. The quantitative estimate of drug-likeness (QED) is 0.329. The average molecular weight is 515 g/mol. The monoisotopic (exact) mass is 514 g/mol. The maximum absolute atomic E-state index is 13.2. The number of aryl methyl sites for hydroxylation is 1. The molecular formula is C20H17F3N4O5S2. The van der Waals surface area contributed by atoms with Crippen LogP contribution >= 0.6 is 11.3 Å². The Labute approximate surface area is 194 Å². The van der Waals surface area contributed by atoms with Crippen LogP contribution in [0.1, 0.15) is 0 Å². The summed E-state index contributed by atoms with van der Waals surface area (Å²) in [5, 5.41) is 1.57. The lowest BCUT2D eigenvalue weighted by Gasteiger charge is -2.28. The molecule has 1 saturated heterocycles. The molecule has 1 aliphatic heterocycles. The van der Waals surface area contributed by atoms with Gasteiger partial charge in [0, 0.05) is 25.8 Å². The number of pyridine rings is 1. The summed E-state index contributed by atoms with van der Waals surface area (Å²) in [4.78, 5) is 22.8. The van der Waals surface area contributed by atoms with Crippen molar-refractivity contribution in [3.05, 3.63) is 40.0 Å². The number of benzene rings is 1. The maximum Gasteiger partial charge on any atom is 0.534 e. The maximum atomic E-state index is 13.2. The van der Waals surface area contributed by atoms with E-state index in [4.69, 9.17) is 4.74 Å². The minimum absolute atomic E-state index is 0.0457. The molecule has 0 aliphatic carbocycles. The van der Waals surface area contributed by atoms with Gasteiger partial charge in [0.25, 0.3) is 5.56 Å². The lowest BCUT2D eigenvalue weighted by Crippen LogP contribution is -2.36. The van der Waals surface area contributed by atoms with Crippen LogP contribution < -0.4 is 14.6 Å². The van der Waals surface area contributed by atoms with Gasteiger partial charge in [-0.2, -0.15) is 21.6 Å². The normalized spacial score (nSPS) is 15.4. The molecule has 0 radical (unpaired) electrons. The van der Waals surface area contributed by atoms with Crippen molar-refractivity contribution < 1.29 is 30.5 Å². The van der Waals surface area contributed by atoms with Crippen LogP contribution in [0.2, 0.25) is 0 Å². The zero-order valence-electron chi connectivity index (χ0n) is 17.5. The van der Waals surface area contributed by atoms with Crippen LogP contribution in [0.4, 0.5) is 18.9 Å². The van der Waals surface area contributed by atoms with Gasteiger partial charge in [0.2, 0.25) is 0 Å². The molecule has 1 N–H and O–H groups in total. The number of halogens is 3. The molecule has 4 aromatic rings. The van der Waals surface area contributed by atoms with Gasteiger partial charge in [-0.25, -0.2) is 4.98 Å². The van der Waals surface area contributed by atoms with Gasteiger partial charge in [-0.3, -0.25) is 4.79 Å². The highest BCUT2D eigenvalue weighted by atomic mass is 32.2. The first kappa shape index (κ1) is 22.7. The highest BCUT2D eigenvalue weighted by molar-refractivity contribution is 7.88. The molecule has 0 bridgehead atoms. The van der Waals surface area contributed by atoms with Crippen LogP contribution in [0.5, 0.6) is 5.75 Å². The lowest BCUT2D eigenvalue weighted by atomic mass is 10.2. The van der Waals surface area contributed by atoms with Gasteiger partial charge in [-0.1, -0.05) is 0 Å². The van der Waals surface area contributed by atoms with Gasteiger partial charge in [0.15, 0.2) is 5.75 Å². The Hall–Kier alpha value is -3.10. The van der Waals surface area contributed by atoms with Crippen LogP contribution in [-0.4, -0.2) is 54.8 Å². The Bertz CT molecular complexity index is 1570. The number of nitrogens with zero attached hydrogens (tertiary/aromatic N) is 3. The number of fused-ring (bicyclic) bond motifs is 2. The fraction of sp³-hybridized carbons (Fsp3) is 0.300. The molecule has 3 aromatic heterocycles. The Morgan fingerprint density at radius 3 is 2.65 bits per heavy atom. The molecule has 34 heavy (non-hydrogen) atoms. The Balaban J connectivity index is 1.70. The highest BCUT2D eigenvalue weighted by Gasteiger charge is 2.49. The zero-order valence-corrected chi connectivity index (χ0v) is 19.2. The van der Waals surface area contributed by atoms with Gasteiger partial charge in [-0.05, 0) is 29.6 Å². The minimum Gasteiger partial charge on any atom is -0.378 e. The Kier molecular flexibility index (Phi) is 5.33. The number of imidazole rings is 1. The molecule has 180 valence electrons. The first-order valence-electron chi connectivity index (χ1n) is 10.0. The van der Waals surface area contributed by atoms with E-state index < -0.39 is 32.5 Å². The molecule has 4 heterocycles. The van der Waals surface area contributed by atoms with Crippen molar-refractivity contribution in [3.8, 4) is 17.1 Å². The van der Waals surface area contributed by atoms with Crippen LogP contribution in [0.25, 0.3) is 32.6 Å². The van der Waals surface area contributed by atoms with E-state index in [2.05, 4.69) is 19.1 Å². The molecule has 1 fully saturated rings. The number of ether oxygens (including phenoxy) is 1. The van der Waals surface area contributed by atoms with E-state index in [-0.39, 0.29) is 16.0 Å². The molecule has 9 nitrogen and oxygen atoms in total. The third-order valence-corrected chi connectivity index (χ3v) is 7.44. The fourth-order valence-corrected chi connectivity index (χ4v) is 5.16. The van der Waals surface area contributed by atoms with Gasteiger partial charge in [0.1, 0.15) is 16.2 Å². The van der Waals surface area contributed by atoms with Crippen molar-refractivity contribution in [2.45, 2.75) is 5.51 Å². The number of anilines is 1. The van der Waals surface area contributed by atoms with Gasteiger partial charge >= 0.3 is 15.6 Å². The van der Waals surface area contributed by atoms with Crippen molar-refractivity contribution in [1.82, 2.24) is 14.5 Å². The van der Waals surface area contributed by atoms with Crippen molar-refractivity contribution in [2.24, 2.45) is 7.05 Å². The van der Waals surface area contributed by atoms with Crippen molar-refractivity contribution in [2.75, 3.05) is 31.2 Å². The summed E-state index contributed by atoms with van der Waals surface area (Å²) in [7, 11) is -4.60. The number of H-pyrrole nitrogens is 1. The van der Waals surface area contributed by atoms with Crippen molar-refractivity contribution >= 4 is 48.4 Å². The third kappa shape index (κ3) is 3.71. The SMILES string of the molecule is Cn1c(=O)c(-c2nc3ccc(N4CCOCC4)cc3[nH]2)c(OS(=O)(=O)C(F)(F)F)c2ccsc21. The predicted molar refractivity (Wildman–Crippen MR) is 121 cm³/mol. The molecule has 5 rings (SSSR count). The molecular weight excluding hydrogens is 497 g/mol. The summed E-state index contributed by atoms with van der Waals surface area (Å²) in [6, 6.07) is 6.74. The first-order chi connectivity index (χ1) is 16.1. The van der Waals surface area contributed by atoms with E-state index >= 15 is 0 Å². The van der Waals surface area contributed by atoms with E-state index in [1.54, 1.807) is 12.1 Å². The topological polar surface area (TPSA) is 107 Å². The van der Waals surface area contributed by atoms with Crippen LogP contribution in [0, 0.1) is 0 Å². The van der Waals surface area contributed by atoms with E-state index in [9.17, 15) is 26.4 Å². The number of aromatic amines is 1. The predicted octanol–water partition coefficient (Wildman–Crippen LogP) is 3.21. The van der Waals surface area contributed by atoms with Crippen LogP contribution in [0.3, 0.4) is 0 Å². The number of hydrogen-bond acceptors (Lipinski definition) is 8. The second kappa shape index (κ2) is 7.99. The number of aromatic nitrogens is 3. The second-order valence-corrected chi connectivity index (χ2v) is 10.0. The molecule has 0 saturated carbocycles. The lowest BCUT2D eigenvalue weighted by molar-refractivity contribution is -0.0499. The van der Waals surface area contributed by atoms with Crippen LogP contribution in [0.15, 0.2) is 34.4 Å². The Morgan fingerprint density at radius 1 is 1.21 bits per heavy atom. The molecule has 14 heteroatoms. The highest BCUT2D eigenvalue weighted by Crippen LogP contribution is 2.39. The number of alkyl halides is 3. The summed E-state index contributed by atoms with van der Waals surface area (Å²) in [5.74, 6) is -0.820. The first-order valence-corrected chi connectivity index (χ1v) is 12.3. The smallest absolute Gasteiger partial charge is 0.378 e. The summed E-state index contributed by atoms with van der Waals surface area (Å²) in [6.45, 7) is 2.54. The standard InChI is InChI=1S/C20H17F3N4O5S2/c1-26-18(28)15(16(12-4-9-33-19(12)26)32-34(29,30)20(21,22)23)17-24-13-3-2-11(10-14(13)25-17)27-5-7-31-8-6-27/h2-4,9-10H,5-8H2,1H3,(H,24,25). The average Bonchev–Trinajstić information content (AvgIpc) is 3.44. The fourth-order valence-electron chi connectivity index (χ4n) is 3.81. The number of nitrogens with one attached hydrogen (secondary N) is 1. The van der Waals surface area contributed by atoms with Crippen molar-refractivity contribution in [1.29, 1.82) is 0 Å². The van der Waals surface area contributed by atoms with E-state index in [0.29, 0.717) is 37.3 Å². The third-order valence-electron chi connectivity index (χ3n) is 5.49. The molecule has 1 aromatic carbocycles. The van der Waals surface area contributed by atoms with Crippen molar-refractivity contribution in [3.63, 3.8) is 0 Å². The number of rotatable bonds is 4. The summed E-state index contributed by atoms with van der Waals surface area (Å²) >= 11 is 1.06. The Morgan fingerprint density at radius 2 is 1.94 bits per heavy atom. The number of morpholine rings is 1. The van der Waals surface area contributed by atoms with Gasteiger partial charge in [-0.15, -0.1) is 11.3 Å². The molecule has 0 atom stereocenters. The van der Waals surface area contributed by atoms with Gasteiger partial charge < -0.3 is 23.4 Å². The minimum atomic E-state index is -6.04. The zero-order chi connectivity index (χ0) is 24.3. The molecule has 0 unspecified atom stereocenters. The molecule has 1 aliphatic rings. The number of thiophene rings is 1. The summed E-state index contributed by atoms with van der Waals surface area (Å²) in [5.41, 5.74) is -4.99. The van der Waals surface area contributed by atoms with E-state index in [0.717, 1.165) is 17.0 Å². The molecule has 0 amide bonds. The molecule has 0 spiro atoms. The van der Waals surface area contributed by atoms with Gasteiger partial charge in [0.05, 0.1) is 29.6 Å². The summed E-state index contributed by atoms with van der Waals surface area (Å²) in [6.07, 6.45) is 0. The largest absolute Gasteiger partial charge is 0.534 e. The van der Waals surface area contributed by atoms with E-state index in [1.165, 1.54) is 23.1 Å². The second-order valence-electron chi connectivity index (χ2n) is 7.58.